The third-order valence-electron chi connectivity index (χ3n) is 5.60. The summed E-state index contributed by atoms with van der Waals surface area (Å²) in [6.45, 7) is 2.24. The molecule has 1 N–H and O–H groups in total. The highest BCUT2D eigenvalue weighted by Crippen LogP contribution is 2.36. The smallest absolute Gasteiger partial charge is 0.325 e. The van der Waals surface area contributed by atoms with Gasteiger partial charge in [0.25, 0.3) is 5.91 Å². The van der Waals surface area contributed by atoms with Gasteiger partial charge in [-0.3, -0.25) is 14.5 Å². The number of carbonyl (C=O) groups is 3. The van der Waals surface area contributed by atoms with Crippen molar-refractivity contribution < 1.29 is 14.4 Å². The Balaban J connectivity index is 1.62. The van der Waals surface area contributed by atoms with Crippen molar-refractivity contribution >= 4 is 17.8 Å². The van der Waals surface area contributed by atoms with Gasteiger partial charge in [-0.15, -0.1) is 0 Å². The summed E-state index contributed by atoms with van der Waals surface area (Å²) in [5, 5.41) is 11.7. The summed E-state index contributed by atoms with van der Waals surface area (Å²) in [7, 11) is 1.64. The average molecular weight is 368 g/mol. The van der Waals surface area contributed by atoms with Crippen LogP contribution in [0.15, 0.2) is 24.3 Å². The fraction of sp³-hybridized carbons (Fsp3) is 0.500. The molecule has 7 heteroatoms. The number of benzene rings is 1. The zero-order valence-electron chi connectivity index (χ0n) is 15.7. The number of urea groups is 1. The normalized spacial score (nSPS) is 24.6. The highest BCUT2D eigenvalue weighted by Gasteiger charge is 2.52. The van der Waals surface area contributed by atoms with Crippen LogP contribution in [-0.2, 0) is 16.1 Å². The summed E-state index contributed by atoms with van der Waals surface area (Å²) in [5.74, 6) is -0.0295. The molecule has 1 saturated carbocycles. The van der Waals surface area contributed by atoms with E-state index in [0.717, 1.165) is 23.3 Å². The van der Waals surface area contributed by atoms with Crippen LogP contribution in [0.4, 0.5) is 4.79 Å². The SMILES string of the molecule is CC1CCC2(CC1)NC(=O)N(CC(=O)N(C)Cc1ccc(C#N)cc1)C2=O. The maximum absolute atomic E-state index is 12.8. The zero-order valence-corrected chi connectivity index (χ0v) is 15.7. The van der Waals surface area contributed by atoms with Crippen LogP contribution in [0, 0.1) is 17.2 Å². The number of rotatable bonds is 4. The first kappa shape index (κ1) is 18.9. The molecule has 7 nitrogen and oxygen atoms in total. The minimum absolute atomic E-state index is 0.255. The van der Waals surface area contributed by atoms with Gasteiger partial charge < -0.3 is 10.2 Å². The highest BCUT2D eigenvalue weighted by molar-refractivity contribution is 6.09. The van der Waals surface area contributed by atoms with Gasteiger partial charge in [-0.1, -0.05) is 19.1 Å². The van der Waals surface area contributed by atoms with E-state index in [1.807, 2.05) is 0 Å². The van der Waals surface area contributed by atoms with Crippen LogP contribution in [0.3, 0.4) is 0 Å². The van der Waals surface area contributed by atoms with E-state index < -0.39 is 11.6 Å². The van der Waals surface area contributed by atoms with Crippen LogP contribution in [0.1, 0.15) is 43.7 Å². The number of nitriles is 1. The molecule has 27 heavy (non-hydrogen) atoms. The van der Waals surface area contributed by atoms with E-state index in [1.54, 1.807) is 31.3 Å². The average Bonchev–Trinajstić information content (AvgIpc) is 2.89. The van der Waals surface area contributed by atoms with E-state index in [9.17, 15) is 14.4 Å². The summed E-state index contributed by atoms with van der Waals surface area (Å²) >= 11 is 0. The summed E-state index contributed by atoms with van der Waals surface area (Å²) in [6, 6.07) is 8.53. The molecule has 1 aromatic carbocycles. The van der Waals surface area contributed by atoms with Crippen LogP contribution in [0.25, 0.3) is 0 Å². The van der Waals surface area contributed by atoms with Crippen molar-refractivity contribution in [2.75, 3.05) is 13.6 Å². The van der Waals surface area contributed by atoms with Gasteiger partial charge in [0, 0.05) is 13.6 Å². The first-order valence-corrected chi connectivity index (χ1v) is 9.22. The summed E-state index contributed by atoms with van der Waals surface area (Å²) in [6.07, 6.45) is 3.05. The molecule has 1 heterocycles. The Bertz CT molecular complexity index is 788. The number of likely N-dealkylation sites (N-methyl/N-ethyl adjacent to an activating group) is 1. The summed E-state index contributed by atoms with van der Waals surface area (Å²) < 4.78 is 0. The second kappa shape index (κ2) is 7.39. The van der Waals surface area contributed by atoms with Gasteiger partial charge in [-0.2, -0.15) is 5.26 Å². The van der Waals surface area contributed by atoms with E-state index in [2.05, 4.69) is 18.3 Å². The predicted molar refractivity (Wildman–Crippen MR) is 98.2 cm³/mol. The molecule has 0 aromatic heterocycles. The topological polar surface area (TPSA) is 93.5 Å². The summed E-state index contributed by atoms with van der Waals surface area (Å²) in [5.41, 5.74) is 0.606. The lowest BCUT2D eigenvalue weighted by molar-refractivity contribution is -0.139. The Kier molecular flexibility index (Phi) is 5.17. The first-order valence-electron chi connectivity index (χ1n) is 9.22. The van der Waals surface area contributed by atoms with Crippen molar-refractivity contribution in [3.8, 4) is 6.07 Å². The van der Waals surface area contributed by atoms with Crippen LogP contribution in [0.5, 0.6) is 0 Å². The molecule has 4 amide bonds. The molecule has 142 valence electrons. The number of carbonyl (C=O) groups excluding carboxylic acids is 3. The zero-order chi connectivity index (χ0) is 19.6. The Hall–Kier alpha value is -2.88. The van der Waals surface area contributed by atoms with E-state index in [4.69, 9.17) is 5.26 Å². The van der Waals surface area contributed by atoms with Crippen molar-refractivity contribution in [2.24, 2.45) is 5.92 Å². The standard InChI is InChI=1S/C20H24N4O3/c1-14-7-9-20(10-8-14)18(26)24(19(27)22-20)13-17(25)23(2)12-16-5-3-15(11-21)4-6-16/h3-6,14H,7-10,12-13H2,1-2H3,(H,22,27). The van der Waals surface area contributed by atoms with Gasteiger partial charge >= 0.3 is 6.03 Å². The molecule has 1 spiro atoms. The van der Waals surface area contributed by atoms with Gasteiger partial charge in [0.05, 0.1) is 11.6 Å². The van der Waals surface area contributed by atoms with E-state index in [1.165, 1.54) is 4.90 Å². The molecule has 2 aliphatic rings. The molecule has 1 aliphatic heterocycles. The number of nitrogens with zero attached hydrogens (tertiary/aromatic N) is 3. The van der Waals surface area contributed by atoms with Crippen molar-refractivity contribution in [2.45, 2.75) is 44.7 Å². The van der Waals surface area contributed by atoms with Crippen LogP contribution in [0.2, 0.25) is 0 Å². The third-order valence-corrected chi connectivity index (χ3v) is 5.60. The number of hydrogen-bond donors (Lipinski definition) is 1. The lowest BCUT2D eigenvalue weighted by Gasteiger charge is -2.33. The van der Waals surface area contributed by atoms with Crippen molar-refractivity contribution in [1.29, 1.82) is 5.26 Å². The molecule has 1 aromatic rings. The minimum atomic E-state index is -0.824. The van der Waals surface area contributed by atoms with Crippen LogP contribution < -0.4 is 5.32 Å². The van der Waals surface area contributed by atoms with Gasteiger partial charge in [-0.25, -0.2) is 4.79 Å². The van der Waals surface area contributed by atoms with Crippen LogP contribution >= 0.6 is 0 Å². The molecule has 0 radical (unpaired) electrons. The van der Waals surface area contributed by atoms with Gasteiger partial charge in [0.1, 0.15) is 12.1 Å². The molecule has 1 saturated heterocycles. The maximum Gasteiger partial charge on any atom is 0.325 e. The minimum Gasteiger partial charge on any atom is -0.340 e. The number of imide groups is 1. The Morgan fingerprint density at radius 2 is 1.93 bits per heavy atom. The van der Waals surface area contributed by atoms with E-state index >= 15 is 0 Å². The van der Waals surface area contributed by atoms with Gasteiger partial charge in [-0.05, 0) is 49.3 Å². The highest BCUT2D eigenvalue weighted by atomic mass is 16.2. The fourth-order valence-corrected chi connectivity index (χ4v) is 3.72. The molecule has 2 fully saturated rings. The first-order chi connectivity index (χ1) is 12.8. The van der Waals surface area contributed by atoms with E-state index in [-0.39, 0.29) is 18.4 Å². The number of nitrogens with one attached hydrogen (secondary N) is 1. The Morgan fingerprint density at radius 3 is 2.52 bits per heavy atom. The number of hydrogen-bond acceptors (Lipinski definition) is 4. The van der Waals surface area contributed by atoms with Gasteiger partial charge in [0.15, 0.2) is 0 Å². The molecule has 0 bridgehead atoms. The molecule has 0 atom stereocenters. The third kappa shape index (κ3) is 3.80. The Labute approximate surface area is 158 Å². The second-order valence-corrected chi connectivity index (χ2v) is 7.64. The number of amides is 4. The molecule has 1 aliphatic carbocycles. The Morgan fingerprint density at radius 1 is 1.30 bits per heavy atom. The van der Waals surface area contributed by atoms with Crippen LogP contribution in [-0.4, -0.2) is 46.8 Å². The maximum atomic E-state index is 12.8. The quantitative estimate of drug-likeness (QED) is 0.823. The predicted octanol–water partition coefficient (Wildman–Crippen LogP) is 2.02. The van der Waals surface area contributed by atoms with Crippen molar-refractivity contribution in [1.82, 2.24) is 15.1 Å². The summed E-state index contributed by atoms with van der Waals surface area (Å²) in [4.78, 5) is 40.2. The van der Waals surface area contributed by atoms with Gasteiger partial charge in [0.2, 0.25) is 5.91 Å². The van der Waals surface area contributed by atoms with Crippen molar-refractivity contribution in [3.05, 3.63) is 35.4 Å². The largest absolute Gasteiger partial charge is 0.340 e. The van der Waals surface area contributed by atoms with E-state index in [0.29, 0.717) is 30.9 Å². The second-order valence-electron chi connectivity index (χ2n) is 7.64. The fourth-order valence-electron chi connectivity index (χ4n) is 3.72. The molecule has 3 rings (SSSR count). The molecular formula is C20H24N4O3. The lowest BCUT2D eigenvalue weighted by Crippen LogP contribution is -2.50. The molecular weight excluding hydrogens is 344 g/mol. The lowest BCUT2D eigenvalue weighted by atomic mass is 9.77. The monoisotopic (exact) mass is 368 g/mol. The molecule has 0 unspecified atom stereocenters. The van der Waals surface area contributed by atoms with Crippen molar-refractivity contribution in [3.63, 3.8) is 0 Å².